The van der Waals surface area contributed by atoms with Crippen molar-refractivity contribution in [2.45, 2.75) is 56.9 Å². The number of rotatable bonds is 7. The van der Waals surface area contributed by atoms with Crippen molar-refractivity contribution < 1.29 is 23.5 Å². The SMILES string of the molecule is CC(Br)CO[P+](=O)OC(C)OC(C)O.CC(C)Br. The van der Waals surface area contributed by atoms with Gasteiger partial charge in [0.05, 0.1) is 0 Å². The fourth-order valence-electron chi connectivity index (χ4n) is 0.617. The summed E-state index contributed by atoms with van der Waals surface area (Å²) in [5, 5.41) is 8.81. The number of hydrogen-bond donors (Lipinski definition) is 1. The van der Waals surface area contributed by atoms with Crippen LogP contribution in [0.3, 0.4) is 0 Å². The van der Waals surface area contributed by atoms with Gasteiger partial charge in [-0.1, -0.05) is 57.2 Å². The first-order valence-electron chi connectivity index (χ1n) is 5.53. The summed E-state index contributed by atoms with van der Waals surface area (Å²) < 4.78 is 25.5. The van der Waals surface area contributed by atoms with E-state index in [2.05, 4.69) is 45.7 Å². The standard InChI is InChI=1S/C7H15BrO5P.C3H7Br/c1-5(8)4-11-14(10)13-7(3)12-6(2)9;1-3(2)4/h5-7,9H,4H2,1-3H3;3H,1-2H3/q+1;. The van der Waals surface area contributed by atoms with Gasteiger partial charge in [-0.2, -0.15) is 0 Å². The Hall–Kier alpha value is 0.900. The minimum absolute atomic E-state index is 0.109. The molecule has 4 unspecified atom stereocenters. The zero-order valence-corrected chi connectivity index (χ0v) is 15.4. The normalized spacial score (nSPS) is 16.6. The van der Waals surface area contributed by atoms with Crippen molar-refractivity contribution in [1.29, 1.82) is 0 Å². The average molecular weight is 413 g/mol. The van der Waals surface area contributed by atoms with Gasteiger partial charge in [0.2, 0.25) is 6.29 Å². The molecule has 0 aliphatic heterocycles. The van der Waals surface area contributed by atoms with Crippen LogP contribution in [0.25, 0.3) is 0 Å². The summed E-state index contributed by atoms with van der Waals surface area (Å²) in [6, 6.07) is 0. The Bertz CT molecular complexity index is 212. The highest BCUT2D eigenvalue weighted by Gasteiger charge is 2.26. The Morgan fingerprint density at radius 1 is 1.17 bits per heavy atom. The van der Waals surface area contributed by atoms with Crippen LogP contribution in [0, 0.1) is 0 Å². The van der Waals surface area contributed by atoms with Crippen LogP contribution in [0.15, 0.2) is 0 Å². The lowest BCUT2D eigenvalue weighted by molar-refractivity contribution is -0.180. The van der Waals surface area contributed by atoms with E-state index in [1.54, 1.807) is 0 Å². The van der Waals surface area contributed by atoms with Gasteiger partial charge >= 0.3 is 8.25 Å². The van der Waals surface area contributed by atoms with E-state index in [0.717, 1.165) is 0 Å². The molecule has 0 aliphatic carbocycles. The van der Waals surface area contributed by atoms with Gasteiger partial charge < -0.3 is 9.84 Å². The molecule has 8 heteroatoms. The maximum Gasteiger partial charge on any atom is 0.700 e. The summed E-state index contributed by atoms with van der Waals surface area (Å²) in [4.78, 5) is 0.755. The number of ether oxygens (including phenoxy) is 1. The highest BCUT2D eigenvalue weighted by Crippen LogP contribution is 2.27. The van der Waals surface area contributed by atoms with Crippen LogP contribution in [0.5, 0.6) is 0 Å². The molecule has 0 heterocycles. The van der Waals surface area contributed by atoms with Crippen molar-refractivity contribution in [1.82, 2.24) is 0 Å². The van der Waals surface area contributed by atoms with Gasteiger partial charge in [-0.15, -0.1) is 4.52 Å². The Morgan fingerprint density at radius 2 is 1.61 bits per heavy atom. The number of hydrogen-bond acceptors (Lipinski definition) is 5. The highest BCUT2D eigenvalue weighted by molar-refractivity contribution is 9.09. The molecule has 0 amide bonds. The number of halogens is 2. The predicted octanol–water partition coefficient (Wildman–Crippen LogP) is 3.95. The van der Waals surface area contributed by atoms with Crippen LogP contribution in [0.4, 0.5) is 0 Å². The quantitative estimate of drug-likeness (QED) is 0.389. The molecule has 18 heavy (non-hydrogen) atoms. The second kappa shape index (κ2) is 12.9. The number of aliphatic hydroxyl groups is 1. The molecule has 0 aromatic carbocycles. The molecule has 0 spiro atoms. The molecular formula is C10H22Br2O5P+. The first-order valence-corrected chi connectivity index (χ1v) is 8.46. The summed E-state index contributed by atoms with van der Waals surface area (Å²) in [6.45, 7) is 9.28. The molecule has 1 N–H and O–H groups in total. The summed E-state index contributed by atoms with van der Waals surface area (Å²) in [7, 11) is -2.20. The van der Waals surface area contributed by atoms with Crippen LogP contribution < -0.4 is 0 Å². The first-order chi connectivity index (χ1) is 8.15. The van der Waals surface area contributed by atoms with Crippen molar-refractivity contribution in [3.05, 3.63) is 0 Å². The Balaban J connectivity index is 0. The topological polar surface area (TPSA) is 65.0 Å². The van der Waals surface area contributed by atoms with Gasteiger partial charge in [0, 0.05) is 14.2 Å². The molecular weight excluding hydrogens is 391 g/mol. The molecule has 0 saturated carbocycles. The lowest BCUT2D eigenvalue weighted by atomic mass is 10.5. The van der Waals surface area contributed by atoms with E-state index in [9.17, 15) is 4.57 Å². The van der Waals surface area contributed by atoms with Crippen LogP contribution in [0.1, 0.15) is 34.6 Å². The molecule has 0 fully saturated rings. The maximum absolute atomic E-state index is 11.1. The zero-order chi connectivity index (χ0) is 14.7. The molecule has 0 radical (unpaired) electrons. The molecule has 0 aromatic heterocycles. The van der Waals surface area contributed by atoms with E-state index in [-0.39, 0.29) is 11.4 Å². The molecule has 110 valence electrons. The van der Waals surface area contributed by atoms with Crippen LogP contribution >= 0.6 is 40.1 Å². The summed E-state index contributed by atoms with van der Waals surface area (Å²) >= 11 is 6.50. The Morgan fingerprint density at radius 3 is 1.94 bits per heavy atom. The average Bonchev–Trinajstić information content (AvgIpc) is 2.12. The second-order valence-electron chi connectivity index (χ2n) is 3.72. The molecule has 0 aliphatic rings. The van der Waals surface area contributed by atoms with E-state index < -0.39 is 20.8 Å². The van der Waals surface area contributed by atoms with E-state index in [1.165, 1.54) is 13.8 Å². The number of aliphatic hydroxyl groups excluding tert-OH is 1. The van der Waals surface area contributed by atoms with E-state index in [1.807, 2.05) is 6.92 Å². The summed E-state index contributed by atoms with van der Waals surface area (Å²) in [6.07, 6.45) is -1.72. The van der Waals surface area contributed by atoms with Crippen molar-refractivity contribution >= 4 is 40.1 Å². The number of alkyl halides is 2. The summed E-state index contributed by atoms with van der Waals surface area (Å²) in [5.41, 5.74) is 0. The fraction of sp³-hybridized carbons (Fsp3) is 1.00. The molecule has 0 bridgehead atoms. The van der Waals surface area contributed by atoms with Gasteiger partial charge in [0.1, 0.15) is 6.61 Å². The third kappa shape index (κ3) is 22.1. The third-order valence-electron chi connectivity index (χ3n) is 1.03. The van der Waals surface area contributed by atoms with Gasteiger partial charge in [0.25, 0.3) is 0 Å². The van der Waals surface area contributed by atoms with Gasteiger partial charge in [0.15, 0.2) is 6.29 Å². The van der Waals surface area contributed by atoms with E-state index in [4.69, 9.17) is 18.9 Å². The fourth-order valence-corrected chi connectivity index (χ4v) is 1.65. The minimum atomic E-state index is -2.20. The lowest BCUT2D eigenvalue weighted by Crippen LogP contribution is -2.17. The predicted molar refractivity (Wildman–Crippen MR) is 79.3 cm³/mol. The van der Waals surface area contributed by atoms with Crippen molar-refractivity contribution in [2.24, 2.45) is 0 Å². The zero-order valence-electron chi connectivity index (χ0n) is 11.3. The largest absolute Gasteiger partial charge is 0.700 e. The molecule has 0 aromatic rings. The van der Waals surface area contributed by atoms with Gasteiger partial charge in [-0.05, 0) is 13.8 Å². The van der Waals surface area contributed by atoms with Crippen molar-refractivity contribution in [3.63, 3.8) is 0 Å². The molecule has 4 atom stereocenters. The van der Waals surface area contributed by atoms with Crippen molar-refractivity contribution in [2.75, 3.05) is 6.61 Å². The molecule has 0 saturated heterocycles. The Labute approximate surface area is 127 Å². The molecule has 5 nitrogen and oxygen atoms in total. The smallest absolute Gasteiger partial charge is 0.368 e. The van der Waals surface area contributed by atoms with Gasteiger partial charge in [-0.25, -0.2) is 0 Å². The third-order valence-corrected chi connectivity index (χ3v) is 2.13. The van der Waals surface area contributed by atoms with Crippen LogP contribution in [-0.4, -0.2) is 33.9 Å². The lowest BCUT2D eigenvalue weighted by Gasteiger charge is -2.08. The van der Waals surface area contributed by atoms with E-state index in [0.29, 0.717) is 4.83 Å². The van der Waals surface area contributed by atoms with E-state index >= 15 is 0 Å². The Kier molecular flexibility index (Phi) is 15.2. The van der Waals surface area contributed by atoms with Crippen LogP contribution in [-0.2, 0) is 18.3 Å². The van der Waals surface area contributed by atoms with Crippen molar-refractivity contribution in [3.8, 4) is 0 Å². The molecule has 0 rings (SSSR count). The highest BCUT2D eigenvalue weighted by atomic mass is 79.9. The maximum atomic E-state index is 11.1. The van der Waals surface area contributed by atoms with Crippen LogP contribution in [0.2, 0.25) is 0 Å². The minimum Gasteiger partial charge on any atom is -0.368 e. The summed E-state index contributed by atoms with van der Waals surface area (Å²) in [5.74, 6) is 0. The second-order valence-corrected chi connectivity index (χ2v) is 8.03. The van der Waals surface area contributed by atoms with Gasteiger partial charge in [-0.3, -0.25) is 0 Å². The monoisotopic (exact) mass is 411 g/mol. The first kappa shape index (κ1) is 21.2.